The molecule has 0 aliphatic carbocycles. The molecular weight excluding hydrogens is 544 g/mol. The normalized spacial score (nSPS) is 10.7. The van der Waals surface area contributed by atoms with Crippen molar-refractivity contribution in [1.29, 1.82) is 0 Å². The number of rotatable bonds is 20. The quantitative estimate of drug-likeness (QED) is 0.0737. The van der Waals surface area contributed by atoms with Crippen LogP contribution in [0.3, 0.4) is 0 Å². The average Bonchev–Trinajstić information content (AvgIpc) is 3.02. The van der Waals surface area contributed by atoms with Gasteiger partial charge < -0.3 is 23.7 Å². The number of ether oxygens (including phenoxy) is 5. The fourth-order valence-corrected chi connectivity index (χ4v) is 4.22. The van der Waals surface area contributed by atoms with E-state index in [1.165, 1.54) is 12.8 Å². The largest absolute Gasteiger partial charge is 0.494 e. The molecule has 0 radical (unpaired) electrons. The number of esters is 2. The third-order valence-electron chi connectivity index (χ3n) is 6.79. The summed E-state index contributed by atoms with van der Waals surface area (Å²) >= 11 is 0. The van der Waals surface area contributed by atoms with Crippen molar-refractivity contribution in [2.75, 3.05) is 19.8 Å². The summed E-state index contributed by atoms with van der Waals surface area (Å²) in [6.07, 6.45) is 10.8. The van der Waals surface area contributed by atoms with Crippen molar-refractivity contribution in [2.24, 2.45) is 0 Å². The molecule has 0 amide bonds. The highest BCUT2D eigenvalue weighted by atomic mass is 16.5. The van der Waals surface area contributed by atoms with Gasteiger partial charge in [0.15, 0.2) is 11.5 Å². The third-order valence-corrected chi connectivity index (χ3v) is 6.79. The van der Waals surface area contributed by atoms with Gasteiger partial charge in [-0.2, -0.15) is 0 Å². The molecule has 7 heteroatoms. The number of carbonyl (C=O) groups is 2. The van der Waals surface area contributed by atoms with Gasteiger partial charge in [0, 0.05) is 0 Å². The van der Waals surface area contributed by atoms with Crippen LogP contribution < -0.4 is 23.7 Å². The third kappa shape index (κ3) is 12.0. The fraction of sp³-hybridized carbons (Fsp3) is 0.444. The molecule has 232 valence electrons. The molecule has 0 spiro atoms. The molecule has 0 unspecified atom stereocenters. The van der Waals surface area contributed by atoms with E-state index in [1.807, 2.05) is 0 Å². The maximum Gasteiger partial charge on any atom is 0.343 e. The van der Waals surface area contributed by atoms with Gasteiger partial charge in [0.2, 0.25) is 0 Å². The van der Waals surface area contributed by atoms with Gasteiger partial charge >= 0.3 is 11.9 Å². The van der Waals surface area contributed by atoms with E-state index in [-0.39, 0.29) is 0 Å². The van der Waals surface area contributed by atoms with Gasteiger partial charge in [0.25, 0.3) is 0 Å². The molecule has 43 heavy (non-hydrogen) atoms. The van der Waals surface area contributed by atoms with Gasteiger partial charge in [0.1, 0.15) is 17.2 Å². The number of carbonyl (C=O) groups excluding carboxylic acids is 2. The smallest absolute Gasteiger partial charge is 0.343 e. The first-order valence-corrected chi connectivity index (χ1v) is 15.7. The van der Waals surface area contributed by atoms with Crippen molar-refractivity contribution in [3.63, 3.8) is 0 Å². The fourth-order valence-electron chi connectivity index (χ4n) is 4.22. The van der Waals surface area contributed by atoms with Crippen molar-refractivity contribution < 1.29 is 33.3 Å². The van der Waals surface area contributed by atoms with Crippen LogP contribution in [0.1, 0.15) is 106 Å². The lowest BCUT2D eigenvalue weighted by Crippen LogP contribution is -2.10. The van der Waals surface area contributed by atoms with E-state index in [1.54, 1.807) is 66.7 Å². The first-order valence-electron chi connectivity index (χ1n) is 15.7. The van der Waals surface area contributed by atoms with Gasteiger partial charge in [-0.25, -0.2) is 9.59 Å². The Morgan fingerprint density at radius 1 is 0.465 bits per heavy atom. The predicted octanol–water partition coefficient (Wildman–Crippen LogP) is 9.22. The van der Waals surface area contributed by atoms with E-state index in [2.05, 4.69) is 20.8 Å². The van der Waals surface area contributed by atoms with Crippen molar-refractivity contribution in [3.05, 3.63) is 77.9 Å². The minimum Gasteiger partial charge on any atom is -0.494 e. The Kier molecular flexibility index (Phi) is 15.0. The molecule has 0 heterocycles. The second-order valence-electron chi connectivity index (χ2n) is 10.5. The molecule has 0 N–H and O–H groups in total. The van der Waals surface area contributed by atoms with Gasteiger partial charge in [-0.15, -0.1) is 0 Å². The first kappa shape index (κ1) is 33.5. The van der Waals surface area contributed by atoms with Gasteiger partial charge in [-0.3, -0.25) is 0 Å². The lowest BCUT2D eigenvalue weighted by Gasteiger charge is -2.14. The van der Waals surface area contributed by atoms with E-state index in [0.717, 1.165) is 51.4 Å². The van der Waals surface area contributed by atoms with Crippen LogP contribution in [-0.2, 0) is 0 Å². The minimum absolute atomic E-state index is 0.330. The van der Waals surface area contributed by atoms with Crippen LogP contribution in [0, 0.1) is 0 Å². The van der Waals surface area contributed by atoms with Crippen LogP contribution in [0.2, 0.25) is 0 Å². The van der Waals surface area contributed by atoms with E-state index < -0.39 is 11.9 Å². The maximum absolute atomic E-state index is 13.0. The second kappa shape index (κ2) is 19.2. The van der Waals surface area contributed by atoms with Crippen LogP contribution in [0.25, 0.3) is 0 Å². The molecule has 0 bridgehead atoms. The summed E-state index contributed by atoms with van der Waals surface area (Å²) in [4.78, 5) is 25.5. The highest BCUT2D eigenvalue weighted by Gasteiger charge is 2.15. The average molecular weight is 591 g/mol. The van der Waals surface area contributed by atoms with E-state index in [4.69, 9.17) is 23.7 Å². The number of hydrogen-bond donors (Lipinski definition) is 0. The SMILES string of the molecule is CCCCCCOc1ccc(C(=O)Oc2ccc(OC(=O)c3ccc(OCCCC)cc3)cc2)cc1OCCCCCC. The van der Waals surface area contributed by atoms with Crippen LogP contribution in [-0.4, -0.2) is 31.8 Å². The Balaban J connectivity index is 1.57. The number of benzene rings is 3. The van der Waals surface area contributed by atoms with Crippen molar-refractivity contribution in [1.82, 2.24) is 0 Å². The van der Waals surface area contributed by atoms with Crippen LogP contribution in [0.4, 0.5) is 0 Å². The summed E-state index contributed by atoms with van der Waals surface area (Å²) in [6.45, 7) is 8.26. The monoisotopic (exact) mass is 590 g/mol. The van der Waals surface area contributed by atoms with Gasteiger partial charge in [0.05, 0.1) is 30.9 Å². The van der Waals surface area contributed by atoms with Crippen LogP contribution >= 0.6 is 0 Å². The summed E-state index contributed by atoms with van der Waals surface area (Å²) in [5.74, 6) is 1.56. The topological polar surface area (TPSA) is 80.3 Å². The Morgan fingerprint density at radius 2 is 0.930 bits per heavy atom. The van der Waals surface area contributed by atoms with E-state index in [0.29, 0.717) is 59.7 Å². The molecule has 3 aromatic carbocycles. The highest BCUT2D eigenvalue weighted by molar-refractivity contribution is 5.92. The summed E-state index contributed by atoms with van der Waals surface area (Å²) in [7, 11) is 0. The zero-order valence-corrected chi connectivity index (χ0v) is 25.9. The lowest BCUT2D eigenvalue weighted by molar-refractivity contribution is 0.0719. The molecule has 0 aliphatic heterocycles. The number of unbranched alkanes of at least 4 members (excludes halogenated alkanes) is 7. The Hall–Kier alpha value is -4.00. The molecule has 0 atom stereocenters. The molecule has 0 saturated heterocycles. The second-order valence-corrected chi connectivity index (χ2v) is 10.5. The Labute approximate surface area is 256 Å². The molecule has 0 saturated carbocycles. The maximum atomic E-state index is 13.0. The summed E-state index contributed by atoms with van der Waals surface area (Å²) in [6, 6.07) is 18.3. The van der Waals surface area contributed by atoms with Gasteiger partial charge in [-0.1, -0.05) is 65.7 Å². The predicted molar refractivity (Wildman–Crippen MR) is 169 cm³/mol. The standard InChI is InChI=1S/C36H46O7/c1-4-7-10-12-25-40-33-23-16-29(27-34(33)41-26-13-11-8-5-2)36(38)43-32-21-19-31(20-22-32)42-35(37)28-14-17-30(18-15-28)39-24-9-6-3/h14-23,27H,4-13,24-26H2,1-3H3. The molecule has 7 nitrogen and oxygen atoms in total. The molecular formula is C36H46O7. The first-order chi connectivity index (χ1) is 21.0. The summed E-state index contributed by atoms with van der Waals surface area (Å²) in [5.41, 5.74) is 0.773. The summed E-state index contributed by atoms with van der Waals surface area (Å²) in [5, 5.41) is 0. The summed E-state index contributed by atoms with van der Waals surface area (Å²) < 4.78 is 28.7. The number of hydrogen-bond acceptors (Lipinski definition) is 7. The minimum atomic E-state index is -0.517. The van der Waals surface area contributed by atoms with Crippen molar-refractivity contribution in [3.8, 4) is 28.7 Å². The van der Waals surface area contributed by atoms with Crippen LogP contribution in [0.5, 0.6) is 28.7 Å². The van der Waals surface area contributed by atoms with E-state index >= 15 is 0 Å². The molecule has 3 rings (SSSR count). The zero-order valence-electron chi connectivity index (χ0n) is 25.9. The highest BCUT2D eigenvalue weighted by Crippen LogP contribution is 2.30. The molecule has 3 aromatic rings. The zero-order chi connectivity index (χ0) is 30.7. The van der Waals surface area contributed by atoms with Crippen molar-refractivity contribution >= 4 is 11.9 Å². The molecule has 0 fully saturated rings. The van der Waals surface area contributed by atoms with Crippen molar-refractivity contribution in [2.45, 2.75) is 85.0 Å². The molecule has 0 aromatic heterocycles. The Bertz CT molecular complexity index is 1240. The van der Waals surface area contributed by atoms with E-state index in [9.17, 15) is 9.59 Å². The van der Waals surface area contributed by atoms with Crippen LogP contribution in [0.15, 0.2) is 66.7 Å². The lowest BCUT2D eigenvalue weighted by atomic mass is 10.2. The van der Waals surface area contributed by atoms with Gasteiger partial charge in [-0.05, 0) is 86.0 Å². The molecule has 0 aliphatic rings. The Morgan fingerprint density at radius 3 is 1.49 bits per heavy atom.